The van der Waals surface area contributed by atoms with Crippen molar-refractivity contribution < 1.29 is 18.1 Å². The van der Waals surface area contributed by atoms with Gasteiger partial charge in [0.2, 0.25) is 0 Å². The summed E-state index contributed by atoms with van der Waals surface area (Å²) in [6.07, 6.45) is -2.41. The number of nitro groups is 1. The van der Waals surface area contributed by atoms with Crippen LogP contribution in [-0.4, -0.2) is 9.91 Å². The molecule has 0 aliphatic heterocycles. The first kappa shape index (κ1) is 11.9. The van der Waals surface area contributed by atoms with Gasteiger partial charge in [0, 0.05) is 10.9 Å². The smallest absolute Gasteiger partial charge is 0.358 e. The molecule has 0 N–H and O–H groups in total. The molecule has 0 saturated carbocycles. The molecule has 8 heteroatoms. The van der Waals surface area contributed by atoms with Crippen molar-refractivity contribution in [1.82, 2.24) is 4.98 Å². The Labute approximate surface area is 90.4 Å². The van der Waals surface area contributed by atoms with E-state index in [1.807, 2.05) is 0 Å². The Morgan fingerprint density at radius 1 is 1.60 bits per heavy atom. The van der Waals surface area contributed by atoms with Gasteiger partial charge in [-0.1, -0.05) is 15.9 Å². The quantitative estimate of drug-likeness (QED) is 0.487. The predicted molar refractivity (Wildman–Crippen MR) is 48.4 cm³/mol. The molecule has 0 bridgehead atoms. The molecule has 0 unspecified atom stereocenters. The lowest BCUT2D eigenvalue weighted by Gasteiger charge is -2.04. The van der Waals surface area contributed by atoms with Crippen molar-refractivity contribution in [2.75, 3.05) is 0 Å². The van der Waals surface area contributed by atoms with Crippen molar-refractivity contribution in [3.8, 4) is 0 Å². The lowest BCUT2D eigenvalue weighted by molar-refractivity contribution is -0.391. The molecule has 0 aliphatic carbocycles. The second-order valence-corrected chi connectivity index (χ2v) is 3.09. The minimum absolute atomic E-state index is 0.0381. The van der Waals surface area contributed by atoms with Gasteiger partial charge in [-0.15, -0.1) is 0 Å². The van der Waals surface area contributed by atoms with Crippen LogP contribution in [0.3, 0.4) is 0 Å². The van der Waals surface area contributed by atoms with Gasteiger partial charge in [-0.3, -0.25) is 0 Å². The Bertz CT molecular complexity index is 400. The molecule has 0 aromatic carbocycles. The number of nitrogens with zero attached hydrogens (tertiary/aromatic N) is 2. The average Bonchev–Trinajstić information content (AvgIpc) is 2.16. The van der Waals surface area contributed by atoms with E-state index in [1.54, 1.807) is 0 Å². The third-order valence-corrected chi connectivity index (χ3v) is 2.24. The fourth-order valence-electron chi connectivity index (χ4n) is 0.968. The molecule has 1 aromatic heterocycles. The van der Waals surface area contributed by atoms with Gasteiger partial charge in [0.25, 0.3) is 6.43 Å². The lowest BCUT2D eigenvalue weighted by Crippen LogP contribution is -2.04. The zero-order chi connectivity index (χ0) is 11.6. The number of halogens is 4. The summed E-state index contributed by atoms with van der Waals surface area (Å²) in [4.78, 5) is 12.4. The van der Waals surface area contributed by atoms with Crippen LogP contribution in [0.4, 0.5) is 19.0 Å². The first-order chi connectivity index (χ1) is 6.99. The van der Waals surface area contributed by atoms with E-state index in [-0.39, 0.29) is 10.9 Å². The van der Waals surface area contributed by atoms with Crippen molar-refractivity contribution in [3.63, 3.8) is 0 Å². The SMILES string of the molecule is O=[N+]([O-])c1ncc(CBr)c(F)c1C(F)F. The van der Waals surface area contributed by atoms with Gasteiger partial charge >= 0.3 is 5.82 Å². The summed E-state index contributed by atoms with van der Waals surface area (Å²) >= 11 is 2.86. The Hall–Kier alpha value is -1.18. The van der Waals surface area contributed by atoms with Crippen LogP contribution < -0.4 is 0 Å². The Balaban J connectivity index is 3.44. The highest BCUT2D eigenvalue weighted by molar-refractivity contribution is 9.08. The molecular formula is C7H4BrF3N2O2. The highest BCUT2D eigenvalue weighted by Crippen LogP contribution is 2.31. The molecular weight excluding hydrogens is 281 g/mol. The summed E-state index contributed by atoms with van der Waals surface area (Å²) < 4.78 is 38.0. The van der Waals surface area contributed by atoms with Crippen LogP contribution in [0.2, 0.25) is 0 Å². The molecule has 0 atom stereocenters. The number of pyridine rings is 1. The molecule has 1 heterocycles. The molecule has 0 saturated heterocycles. The first-order valence-corrected chi connectivity index (χ1v) is 4.77. The number of alkyl halides is 3. The van der Waals surface area contributed by atoms with E-state index in [0.29, 0.717) is 0 Å². The van der Waals surface area contributed by atoms with Crippen molar-refractivity contribution in [2.24, 2.45) is 0 Å². The number of aromatic nitrogens is 1. The van der Waals surface area contributed by atoms with Crippen LogP contribution in [0.15, 0.2) is 6.20 Å². The minimum atomic E-state index is -3.27. The second kappa shape index (κ2) is 4.56. The number of hydrogen-bond donors (Lipinski definition) is 0. The van der Waals surface area contributed by atoms with Gasteiger partial charge in [-0.05, 0) is 9.91 Å². The summed E-state index contributed by atoms with van der Waals surface area (Å²) in [6, 6.07) is 0. The van der Waals surface area contributed by atoms with Crippen molar-refractivity contribution >= 4 is 21.7 Å². The van der Waals surface area contributed by atoms with E-state index in [9.17, 15) is 23.3 Å². The second-order valence-electron chi connectivity index (χ2n) is 2.53. The summed E-state index contributed by atoms with van der Waals surface area (Å²) in [6.45, 7) is 0. The fraction of sp³-hybridized carbons (Fsp3) is 0.286. The van der Waals surface area contributed by atoms with E-state index in [4.69, 9.17) is 0 Å². The summed E-state index contributed by atoms with van der Waals surface area (Å²) in [5, 5.41) is 10.3. The molecule has 82 valence electrons. The monoisotopic (exact) mass is 284 g/mol. The Morgan fingerprint density at radius 2 is 2.20 bits per heavy atom. The third kappa shape index (κ3) is 2.25. The van der Waals surface area contributed by atoms with Crippen LogP contribution in [-0.2, 0) is 5.33 Å². The van der Waals surface area contributed by atoms with Crippen LogP contribution in [0, 0.1) is 15.9 Å². The normalized spacial score (nSPS) is 10.7. The van der Waals surface area contributed by atoms with Crippen molar-refractivity contribution in [2.45, 2.75) is 11.8 Å². The van der Waals surface area contributed by atoms with Gasteiger partial charge in [0.05, 0.1) is 0 Å². The highest BCUT2D eigenvalue weighted by Gasteiger charge is 2.29. The molecule has 15 heavy (non-hydrogen) atoms. The van der Waals surface area contributed by atoms with Crippen LogP contribution >= 0.6 is 15.9 Å². The maximum Gasteiger partial charge on any atom is 0.375 e. The third-order valence-electron chi connectivity index (χ3n) is 1.64. The molecule has 0 spiro atoms. The average molecular weight is 285 g/mol. The summed E-state index contributed by atoms with van der Waals surface area (Å²) in [5.41, 5.74) is -1.41. The highest BCUT2D eigenvalue weighted by atomic mass is 79.9. The van der Waals surface area contributed by atoms with Crippen LogP contribution in [0.25, 0.3) is 0 Å². The molecule has 0 amide bonds. The lowest BCUT2D eigenvalue weighted by atomic mass is 10.2. The van der Waals surface area contributed by atoms with Gasteiger partial charge in [0.15, 0.2) is 5.56 Å². The molecule has 4 nitrogen and oxygen atoms in total. The van der Waals surface area contributed by atoms with Gasteiger partial charge in [0.1, 0.15) is 12.0 Å². The van der Waals surface area contributed by atoms with Crippen molar-refractivity contribution in [3.05, 3.63) is 33.3 Å². The zero-order valence-corrected chi connectivity index (χ0v) is 8.67. The number of hydrogen-bond acceptors (Lipinski definition) is 3. The topological polar surface area (TPSA) is 56.0 Å². The molecule has 0 aliphatic rings. The molecule has 1 aromatic rings. The van der Waals surface area contributed by atoms with E-state index in [0.717, 1.165) is 6.20 Å². The molecule has 0 fully saturated rings. The van der Waals surface area contributed by atoms with Crippen molar-refractivity contribution in [1.29, 1.82) is 0 Å². The van der Waals surface area contributed by atoms with Gasteiger partial charge in [-0.25, -0.2) is 13.2 Å². The van der Waals surface area contributed by atoms with Crippen LogP contribution in [0.5, 0.6) is 0 Å². The predicted octanol–water partition coefficient (Wildman–Crippen LogP) is 2.96. The van der Waals surface area contributed by atoms with E-state index < -0.39 is 28.5 Å². The maximum atomic E-state index is 13.3. The number of rotatable bonds is 3. The fourth-order valence-corrected chi connectivity index (χ4v) is 1.36. The molecule has 0 radical (unpaired) electrons. The standard InChI is InChI=1S/C7H4BrF3N2O2/c8-1-3-2-12-7(13(14)15)4(5(3)9)6(10)11/h2,6H,1H2. The van der Waals surface area contributed by atoms with E-state index in [1.165, 1.54) is 0 Å². The molecule has 1 rings (SSSR count). The van der Waals surface area contributed by atoms with E-state index in [2.05, 4.69) is 20.9 Å². The zero-order valence-electron chi connectivity index (χ0n) is 7.08. The first-order valence-electron chi connectivity index (χ1n) is 3.64. The Morgan fingerprint density at radius 3 is 2.60 bits per heavy atom. The summed E-state index contributed by atoms with van der Waals surface area (Å²) in [7, 11) is 0. The largest absolute Gasteiger partial charge is 0.375 e. The maximum absolute atomic E-state index is 13.3. The Kier molecular flexibility index (Phi) is 3.61. The summed E-state index contributed by atoms with van der Waals surface area (Å²) in [5.74, 6) is -2.43. The van der Waals surface area contributed by atoms with E-state index >= 15 is 0 Å². The van der Waals surface area contributed by atoms with Gasteiger partial charge in [-0.2, -0.15) is 0 Å². The van der Waals surface area contributed by atoms with Crippen LogP contribution in [0.1, 0.15) is 17.6 Å². The minimum Gasteiger partial charge on any atom is -0.358 e. The van der Waals surface area contributed by atoms with Gasteiger partial charge < -0.3 is 10.1 Å².